The molecule has 1 aliphatic heterocycles. The van der Waals surface area contributed by atoms with Crippen LogP contribution in [0, 0.1) is 6.92 Å². The van der Waals surface area contributed by atoms with Crippen molar-refractivity contribution in [3.05, 3.63) is 99.3 Å². The molecule has 2 unspecified atom stereocenters. The first-order valence-electron chi connectivity index (χ1n) is 13.7. The standard InChI is InChI=1S/C31H35Cl2N3O6S/c1-5-22(32)16-28-20(4)35-29-27(28)14-15-36(31(38)42-26-12-8-23(33)9-13-26)30(29)21-6-10-25(11-7-21)41-18-24(37)17-34-43(39,40)19(2)3/h5-13,16,19,24,30,34-35,37H,1,14-15,17-18H2,2-4H3/b22-16+. The average molecular weight is 649 g/mol. The molecule has 3 N–H and O–H groups in total. The second-order valence-corrected chi connectivity index (χ2v) is 13.6. The Bertz CT molecular complexity index is 1580. The molecule has 2 atom stereocenters. The highest BCUT2D eigenvalue weighted by atomic mass is 35.5. The highest BCUT2D eigenvalue weighted by Crippen LogP contribution is 2.39. The predicted molar refractivity (Wildman–Crippen MR) is 169 cm³/mol. The van der Waals surface area contributed by atoms with E-state index in [9.17, 15) is 18.3 Å². The van der Waals surface area contributed by atoms with E-state index in [0.717, 1.165) is 28.1 Å². The number of rotatable bonds is 11. The maximum atomic E-state index is 13.5. The van der Waals surface area contributed by atoms with E-state index in [0.29, 0.717) is 34.5 Å². The third-order valence-corrected chi connectivity index (χ3v) is 9.40. The summed E-state index contributed by atoms with van der Waals surface area (Å²) in [4.78, 5) is 18.6. The van der Waals surface area contributed by atoms with Gasteiger partial charge in [0.2, 0.25) is 10.0 Å². The number of aromatic amines is 1. The number of nitrogens with one attached hydrogen (secondary N) is 2. The number of aryl methyl sites for hydroxylation is 1. The molecule has 9 nitrogen and oxygen atoms in total. The van der Waals surface area contributed by atoms with E-state index in [1.54, 1.807) is 61.2 Å². The van der Waals surface area contributed by atoms with Gasteiger partial charge in [0, 0.05) is 34.5 Å². The van der Waals surface area contributed by atoms with Gasteiger partial charge in [-0.15, -0.1) is 0 Å². The van der Waals surface area contributed by atoms with E-state index < -0.39 is 33.5 Å². The molecule has 230 valence electrons. The van der Waals surface area contributed by atoms with Gasteiger partial charge in [0.05, 0.1) is 5.25 Å². The minimum absolute atomic E-state index is 0.108. The molecule has 3 aromatic rings. The van der Waals surface area contributed by atoms with Gasteiger partial charge in [-0.25, -0.2) is 17.9 Å². The number of allylic oxidation sites excluding steroid dienone is 2. The molecule has 1 amide bonds. The summed E-state index contributed by atoms with van der Waals surface area (Å²) in [7, 11) is -3.50. The van der Waals surface area contributed by atoms with Crippen molar-refractivity contribution in [2.45, 2.75) is 44.6 Å². The fourth-order valence-corrected chi connectivity index (χ4v) is 5.70. The zero-order valence-electron chi connectivity index (χ0n) is 24.1. The minimum Gasteiger partial charge on any atom is -0.491 e. The second-order valence-electron chi connectivity index (χ2n) is 10.4. The number of amides is 1. The summed E-state index contributed by atoms with van der Waals surface area (Å²) >= 11 is 12.3. The Morgan fingerprint density at radius 1 is 1.19 bits per heavy atom. The normalized spacial score (nSPS) is 16.1. The maximum absolute atomic E-state index is 13.5. The Balaban J connectivity index is 1.58. The van der Waals surface area contributed by atoms with Crippen molar-refractivity contribution in [2.75, 3.05) is 19.7 Å². The molecule has 43 heavy (non-hydrogen) atoms. The molecule has 0 spiro atoms. The van der Waals surface area contributed by atoms with Crippen LogP contribution in [0.4, 0.5) is 4.79 Å². The Labute approximate surface area is 262 Å². The molecule has 0 fully saturated rings. The molecule has 0 saturated heterocycles. The first kappa shape index (κ1) is 32.6. The number of aromatic nitrogens is 1. The van der Waals surface area contributed by atoms with Gasteiger partial charge >= 0.3 is 6.09 Å². The lowest BCUT2D eigenvalue weighted by molar-refractivity contribution is 0.111. The Hall–Kier alpha value is -3.28. The number of hydrogen-bond acceptors (Lipinski definition) is 6. The molecule has 0 radical (unpaired) electrons. The summed E-state index contributed by atoms with van der Waals surface area (Å²) in [6.45, 7) is 8.94. The molecule has 4 rings (SSSR count). The van der Waals surface area contributed by atoms with Crippen LogP contribution < -0.4 is 14.2 Å². The van der Waals surface area contributed by atoms with Crippen molar-refractivity contribution in [3.8, 4) is 11.5 Å². The number of ether oxygens (including phenoxy) is 2. The molecule has 0 aliphatic carbocycles. The van der Waals surface area contributed by atoms with Crippen molar-refractivity contribution in [3.63, 3.8) is 0 Å². The number of fused-ring (bicyclic) bond motifs is 1. The first-order valence-corrected chi connectivity index (χ1v) is 16.0. The number of carbonyl (C=O) groups is 1. The van der Waals surface area contributed by atoms with Crippen LogP contribution in [0.5, 0.6) is 11.5 Å². The number of benzene rings is 2. The minimum atomic E-state index is -3.50. The topological polar surface area (TPSA) is 121 Å². The van der Waals surface area contributed by atoms with Gasteiger partial charge in [-0.1, -0.05) is 48.0 Å². The fraction of sp³-hybridized carbons (Fsp3) is 0.323. The monoisotopic (exact) mass is 647 g/mol. The summed E-state index contributed by atoms with van der Waals surface area (Å²) in [5, 5.41) is 10.7. The third kappa shape index (κ3) is 8.01. The van der Waals surface area contributed by atoms with Crippen LogP contribution in [-0.2, 0) is 16.4 Å². The fourth-order valence-electron chi connectivity index (χ4n) is 4.71. The van der Waals surface area contributed by atoms with Gasteiger partial charge in [0.15, 0.2) is 0 Å². The number of carbonyl (C=O) groups excluding carboxylic acids is 1. The molecule has 2 aromatic carbocycles. The van der Waals surface area contributed by atoms with Crippen LogP contribution in [0.3, 0.4) is 0 Å². The molecule has 12 heteroatoms. The molecule has 1 aromatic heterocycles. The molecule has 0 saturated carbocycles. The van der Waals surface area contributed by atoms with Gasteiger partial charge in [-0.2, -0.15) is 0 Å². The lowest BCUT2D eigenvalue weighted by atomic mass is 9.91. The SMILES string of the molecule is C=C/C(Cl)=C\c1c(C)[nH]c2c1CCN(C(=O)Oc1ccc(Cl)cc1)C2c1ccc(OCC(O)CNS(=O)(=O)C(C)C)cc1. The number of hydrogen-bond donors (Lipinski definition) is 3. The highest BCUT2D eigenvalue weighted by Gasteiger charge is 2.36. The van der Waals surface area contributed by atoms with Crippen molar-refractivity contribution in [2.24, 2.45) is 0 Å². The van der Waals surface area contributed by atoms with Crippen LogP contribution in [0.2, 0.25) is 5.02 Å². The second kappa shape index (κ2) is 14.0. The van der Waals surface area contributed by atoms with Gasteiger partial charge in [-0.3, -0.25) is 4.90 Å². The average Bonchev–Trinajstić information content (AvgIpc) is 3.30. The third-order valence-electron chi connectivity index (χ3n) is 7.07. The summed E-state index contributed by atoms with van der Waals surface area (Å²) in [5.41, 5.74) is 4.56. The number of sulfonamides is 1. The van der Waals surface area contributed by atoms with Gasteiger partial charge in [-0.05, 0) is 86.4 Å². The van der Waals surface area contributed by atoms with Crippen molar-refractivity contribution in [1.29, 1.82) is 0 Å². The van der Waals surface area contributed by atoms with E-state index in [2.05, 4.69) is 16.3 Å². The Kier molecular flexibility index (Phi) is 10.6. The first-order chi connectivity index (χ1) is 20.4. The van der Waals surface area contributed by atoms with Gasteiger partial charge < -0.3 is 19.6 Å². The Morgan fingerprint density at radius 3 is 2.47 bits per heavy atom. The van der Waals surface area contributed by atoms with E-state index in [4.69, 9.17) is 32.7 Å². The zero-order chi connectivity index (χ0) is 31.3. The number of aliphatic hydroxyl groups excluding tert-OH is 1. The van der Waals surface area contributed by atoms with Crippen LogP contribution in [-0.4, -0.2) is 60.6 Å². The molecule has 2 heterocycles. The number of aliphatic hydroxyl groups is 1. The van der Waals surface area contributed by atoms with Crippen molar-refractivity contribution < 1.29 is 27.8 Å². The van der Waals surface area contributed by atoms with E-state index in [-0.39, 0.29) is 13.2 Å². The number of H-pyrrole nitrogens is 1. The number of halogens is 2. The van der Waals surface area contributed by atoms with Crippen LogP contribution >= 0.6 is 23.2 Å². The Morgan fingerprint density at radius 2 is 1.84 bits per heavy atom. The van der Waals surface area contributed by atoms with E-state index in [1.807, 2.05) is 25.1 Å². The molecular weight excluding hydrogens is 613 g/mol. The van der Waals surface area contributed by atoms with Crippen LogP contribution in [0.1, 0.15) is 48.0 Å². The highest BCUT2D eigenvalue weighted by molar-refractivity contribution is 7.90. The molecule has 1 aliphatic rings. The van der Waals surface area contributed by atoms with Crippen molar-refractivity contribution in [1.82, 2.24) is 14.6 Å². The summed E-state index contributed by atoms with van der Waals surface area (Å²) in [6, 6.07) is 13.2. The predicted octanol–water partition coefficient (Wildman–Crippen LogP) is 5.96. The van der Waals surface area contributed by atoms with Crippen LogP contribution in [0.25, 0.3) is 6.08 Å². The van der Waals surface area contributed by atoms with Crippen molar-refractivity contribution >= 4 is 45.4 Å². The van der Waals surface area contributed by atoms with Gasteiger partial charge in [0.25, 0.3) is 0 Å². The maximum Gasteiger partial charge on any atom is 0.416 e. The van der Waals surface area contributed by atoms with Gasteiger partial charge in [0.1, 0.15) is 30.3 Å². The quantitative estimate of drug-likeness (QED) is 0.221. The van der Waals surface area contributed by atoms with E-state index >= 15 is 0 Å². The smallest absolute Gasteiger partial charge is 0.416 e. The summed E-state index contributed by atoms with van der Waals surface area (Å²) in [5.74, 6) is 0.853. The zero-order valence-corrected chi connectivity index (χ0v) is 26.5. The molecule has 0 bridgehead atoms. The largest absolute Gasteiger partial charge is 0.491 e. The van der Waals surface area contributed by atoms with E-state index in [1.165, 1.54) is 0 Å². The molecular formula is C31H35Cl2N3O6S. The van der Waals surface area contributed by atoms with Crippen LogP contribution in [0.15, 0.2) is 66.2 Å². The lowest BCUT2D eigenvalue weighted by Crippen LogP contribution is -2.42. The summed E-state index contributed by atoms with van der Waals surface area (Å²) < 4.78 is 37.7. The summed E-state index contributed by atoms with van der Waals surface area (Å²) in [6.07, 6.45) is 2.47. The lowest BCUT2D eigenvalue weighted by Gasteiger charge is -2.35. The number of nitrogens with zero attached hydrogens (tertiary/aromatic N) is 1.